The van der Waals surface area contributed by atoms with Crippen LogP contribution in [0, 0.1) is 0 Å². The topological polar surface area (TPSA) is 38.9 Å². The second-order valence-corrected chi connectivity index (χ2v) is 13.9. The quantitative estimate of drug-likeness (QED) is 0.157. The highest BCUT2D eigenvalue weighted by molar-refractivity contribution is 6.16. The van der Waals surface area contributed by atoms with Crippen molar-refractivity contribution in [1.29, 1.82) is 0 Å². The van der Waals surface area contributed by atoms with Crippen LogP contribution in [-0.4, -0.2) is 9.97 Å². The van der Waals surface area contributed by atoms with Crippen LogP contribution in [0.1, 0.15) is 31.5 Å². The zero-order chi connectivity index (χ0) is 60.3. The normalized spacial score (nSPS) is 16.9. The molecule has 0 bridgehead atoms. The van der Waals surface area contributed by atoms with Crippen LogP contribution in [0.2, 0.25) is 0 Å². The summed E-state index contributed by atoms with van der Waals surface area (Å²) in [7, 11) is 0. The summed E-state index contributed by atoms with van der Waals surface area (Å²) in [4.78, 5) is 9.64. The van der Waals surface area contributed by atoms with Gasteiger partial charge in [-0.15, -0.1) is 0 Å². The van der Waals surface area contributed by atoms with Gasteiger partial charge >= 0.3 is 0 Å². The molecule has 3 heteroatoms. The van der Waals surface area contributed by atoms with Gasteiger partial charge in [0, 0.05) is 44.8 Å². The number of nitrogens with zero attached hydrogens (tertiary/aromatic N) is 2. The molecule has 61 heavy (non-hydrogen) atoms. The standard InChI is InChI=1S/C58H36N2O/c1-3-15-37(16-4-1)53-54(38-17-5-2-6-18-38)58(51-36-42-19-7-8-23-44(42)46-24-10-12-27-49(46)51)61-57(53)43-21-13-20-41(35-43)45-31-32-50(48-26-11-9-25-47(45)48)52-33-30-40-29-28-39-22-14-34-59-55(39)56(40)60-52/h1-36H/i1D,2D,3D,4D,5D,6D,7D,8D,10D,12D,13D,15D,16D,17D,18D,19D,20D,21D,23D,24D,27D,35D,36D. The Hall–Kier alpha value is -8.14. The van der Waals surface area contributed by atoms with E-state index in [0.717, 1.165) is 10.8 Å². The molecule has 0 amide bonds. The van der Waals surface area contributed by atoms with Gasteiger partial charge in [0.15, 0.2) is 0 Å². The fourth-order valence-corrected chi connectivity index (χ4v) is 7.86. The van der Waals surface area contributed by atoms with Crippen molar-refractivity contribution in [2.45, 2.75) is 0 Å². The lowest BCUT2D eigenvalue weighted by Gasteiger charge is -2.13. The first-order chi connectivity index (χ1) is 39.8. The highest BCUT2D eigenvalue weighted by Gasteiger charge is 2.27. The molecule has 0 N–H and O–H groups in total. The number of rotatable bonds is 6. The monoisotopic (exact) mass is 799 g/mol. The Labute approximate surface area is 385 Å². The molecule has 0 aliphatic rings. The first-order valence-electron chi connectivity index (χ1n) is 30.4. The summed E-state index contributed by atoms with van der Waals surface area (Å²) in [6.45, 7) is 0. The number of benzene rings is 9. The summed E-state index contributed by atoms with van der Waals surface area (Å²) in [5.74, 6) is -1.79. The Balaban J connectivity index is 1.29. The van der Waals surface area contributed by atoms with Crippen molar-refractivity contribution in [3.05, 3.63) is 218 Å². The van der Waals surface area contributed by atoms with Gasteiger partial charge in [-0.25, -0.2) is 4.98 Å². The summed E-state index contributed by atoms with van der Waals surface area (Å²) in [5, 5.41) is 0.154. The van der Waals surface area contributed by atoms with E-state index in [9.17, 15) is 15.1 Å². The van der Waals surface area contributed by atoms with Gasteiger partial charge < -0.3 is 4.42 Å². The second kappa shape index (κ2) is 14.3. The molecule has 3 aromatic heterocycles. The predicted octanol–water partition coefficient (Wildman–Crippen LogP) is 15.8. The van der Waals surface area contributed by atoms with Gasteiger partial charge in [-0.2, -0.15) is 0 Å². The maximum atomic E-state index is 10.2. The SMILES string of the molecule is [2H]c1c([2H])c([2H])c(-c2c(-c3c([2H])c([2H])c([2H])c(-c4ccc(-c5ccc6ccc7cccnc7c6n5)c5ccccc45)c3[2H])oc(-c3c([2H])c4c([2H])c([2H])c([2H])c([2H])c4c4c([2H])c([2H])c([2H])c([2H])c34)c2-c2c([2H])c([2H])c([2H])c([2H])c2[2H])c([2H])c1[2H]. The minimum atomic E-state index is -1.03. The maximum Gasteiger partial charge on any atom is 0.143 e. The van der Waals surface area contributed by atoms with Gasteiger partial charge in [-0.05, 0) is 78.8 Å². The van der Waals surface area contributed by atoms with E-state index in [0.29, 0.717) is 33.1 Å². The molecule has 284 valence electrons. The molecule has 12 rings (SSSR count). The summed E-state index contributed by atoms with van der Waals surface area (Å²) in [6.07, 6.45) is 1.66. The molecule has 0 unspecified atom stereocenters. The molecular weight excluding hydrogens is 741 g/mol. The molecule has 3 heterocycles. The molecule has 0 saturated carbocycles. The maximum absolute atomic E-state index is 10.2. The number of fused-ring (bicyclic) bond motifs is 7. The third-order valence-electron chi connectivity index (χ3n) is 10.5. The second-order valence-electron chi connectivity index (χ2n) is 13.9. The average Bonchev–Trinajstić information content (AvgIpc) is 1.46. The Morgan fingerprint density at radius 3 is 1.77 bits per heavy atom. The molecule has 0 saturated heterocycles. The van der Waals surface area contributed by atoms with Crippen molar-refractivity contribution in [2.75, 3.05) is 0 Å². The number of furan rings is 1. The van der Waals surface area contributed by atoms with Crippen molar-refractivity contribution < 1.29 is 35.9 Å². The smallest absolute Gasteiger partial charge is 0.143 e. The molecule has 9 aromatic carbocycles. The van der Waals surface area contributed by atoms with Gasteiger partial charge in [0.1, 0.15) is 11.5 Å². The van der Waals surface area contributed by atoms with E-state index in [1.54, 1.807) is 42.6 Å². The van der Waals surface area contributed by atoms with E-state index in [-0.39, 0.29) is 11.1 Å². The van der Waals surface area contributed by atoms with E-state index >= 15 is 0 Å². The molecule has 0 fully saturated rings. The first-order valence-corrected chi connectivity index (χ1v) is 18.9. The van der Waals surface area contributed by atoms with Gasteiger partial charge in [0.05, 0.1) is 48.3 Å². The fraction of sp³-hybridized carbons (Fsp3) is 0. The van der Waals surface area contributed by atoms with Crippen molar-refractivity contribution in [3.63, 3.8) is 0 Å². The summed E-state index contributed by atoms with van der Waals surface area (Å²) < 4.78 is 218. The lowest BCUT2D eigenvalue weighted by molar-refractivity contribution is 0.599. The van der Waals surface area contributed by atoms with E-state index in [1.807, 2.05) is 36.4 Å². The number of pyridine rings is 2. The number of aromatic nitrogens is 2. The van der Waals surface area contributed by atoms with Crippen LogP contribution in [-0.2, 0) is 0 Å². The number of hydrogen-bond acceptors (Lipinski definition) is 3. The molecule has 0 spiro atoms. The Kier molecular flexibility index (Phi) is 4.42. The van der Waals surface area contributed by atoms with Crippen molar-refractivity contribution >= 4 is 54.1 Å². The zero-order valence-corrected chi connectivity index (χ0v) is 31.3. The lowest BCUT2D eigenvalue weighted by Crippen LogP contribution is -1.91. The summed E-state index contributed by atoms with van der Waals surface area (Å²) >= 11 is 0. The third-order valence-corrected chi connectivity index (χ3v) is 10.5. The first kappa shape index (κ1) is 18.8. The Morgan fingerprint density at radius 2 is 0.984 bits per heavy atom. The van der Waals surface area contributed by atoms with E-state index in [2.05, 4.69) is 4.98 Å². The molecule has 3 nitrogen and oxygen atoms in total. The fourth-order valence-electron chi connectivity index (χ4n) is 7.86. The molecule has 0 radical (unpaired) electrons. The van der Waals surface area contributed by atoms with E-state index in [1.165, 1.54) is 0 Å². The van der Waals surface area contributed by atoms with Crippen molar-refractivity contribution in [1.82, 2.24) is 9.97 Å². The van der Waals surface area contributed by atoms with Gasteiger partial charge in [-0.3, -0.25) is 4.98 Å². The summed E-state index contributed by atoms with van der Waals surface area (Å²) in [5.41, 5.74) is -2.60. The van der Waals surface area contributed by atoms with Crippen LogP contribution >= 0.6 is 0 Å². The Bertz CT molecular complexity index is 4960. The molecule has 0 atom stereocenters. The number of hydrogen-bond donors (Lipinski definition) is 0. The van der Waals surface area contributed by atoms with E-state index < -0.39 is 205 Å². The molecular formula is C58H36N2O. The van der Waals surface area contributed by atoms with Crippen molar-refractivity contribution in [3.8, 4) is 67.3 Å². The van der Waals surface area contributed by atoms with Crippen LogP contribution in [0.4, 0.5) is 0 Å². The van der Waals surface area contributed by atoms with Crippen molar-refractivity contribution in [2.24, 2.45) is 0 Å². The lowest BCUT2D eigenvalue weighted by atomic mass is 9.88. The van der Waals surface area contributed by atoms with Crippen LogP contribution in [0.3, 0.4) is 0 Å². The van der Waals surface area contributed by atoms with E-state index in [4.69, 9.17) is 25.9 Å². The highest BCUT2D eigenvalue weighted by Crippen LogP contribution is 2.51. The zero-order valence-electron chi connectivity index (χ0n) is 54.3. The van der Waals surface area contributed by atoms with Gasteiger partial charge in [0.2, 0.25) is 0 Å². The largest absolute Gasteiger partial charge is 0.455 e. The van der Waals surface area contributed by atoms with Crippen LogP contribution in [0.15, 0.2) is 222 Å². The van der Waals surface area contributed by atoms with Gasteiger partial charge in [0.25, 0.3) is 0 Å². The minimum absolute atomic E-state index is 0.146. The highest BCUT2D eigenvalue weighted by atomic mass is 16.3. The molecule has 12 aromatic rings. The van der Waals surface area contributed by atoms with Crippen LogP contribution in [0.5, 0.6) is 0 Å². The average molecular weight is 800 g/mol. The van der Waals surface area contributed by atoms with Crippen LogP contribution in [0.25, 0.3) is 121 Å². The van der Waals surface area contributed by atoms with Crippen LogP contribution < -0.4 is 0 Å². The summed E-state index contributed by atoms with van der Waals surface area (Å²) in [6, 6.07) is 0.387. The third kappa shape index (κ3) is 5.82. The predicted molar refractivity (Wildman–Crippen MR) is 254 cm³/mol. The molecule has 0 aliphatic heterocycles. The molecule has 0 aliphatic carbocycles. The Morgan fingerprint density at radius 1 is 0.377 bits per heavy atom. The van der Waals surface area contributed by atoms with Gasteiger partial charge in [-0.1, -0.05) is 188 Å². The minimum Gasteiger partial charge on any atom is -0.455 e.